The standard InChI is InChI=1S/C14H21BrN2O2/c1-9(2)17-8-11-7-12(15)6-10(3)14(11)19-5-4-13(16)18/h6-7,9,17H,4-5,8H2,1-3H3,(H2,16,18). The minimum Gasteiger partial charge on any atom is -0.492 e. The van der Waals surface area contributed by atoms with Gasteiger partial charge in [-0.2, -0.15) is 0 Å². The van der Waals surface area contributed by atoms with Crippen molar-refractivity contribution in [3.8, 4) is 5.75 Å². The van der Waals surface area contributed by atoms with E-state index in [2.05, 4.69) is 35.1 Å². The molecule has 0 atom stereocenters. The van der Waals surface area contributed by atoms with E-state index in [1.165, 1.54) is 0 Å². The fraction of sp³-hybridized carbons (Fsp3) is 0.500. The molecule has 106 valence electrons. The molecule has 4 nitrogen and oxygen atoms in total. The van der Waals surface area contributed by atoms with E-state index in [4.69, 9.17) is 10.5 Å². The first kappa shape index (κ1) is 16.0. The van der Waals surface area contributed by atoms with Crippen LogP contribution in [-0.4, -0.2) is 18.6 Å². The second kappa shape index (κ2) is 7.50. The van der Waals surface area contributed by atoms with Crippen LogP contribution < -0.4 is 15.8 Å². The van der Waals surface area contributed by atoms with Crippen molar-refractivity contribution in [2.45, 2.75) is 39.8 Å². The molecular formula is C14H21BrN2O2. The number of hydrogen-bond acceptors (Lipinski definition) is 3. The first-order chi connectivity index (χ1) is 8.90. The zero-order chi connectivity index (χ0) is 14.4. The first-order valence-electron chi connectivity index (χ1n) is 6.33. The molecule has 0 unspecified atom stereocenters. The van der Waals surface area contributed by atoms with Gasteiger partial charge in [0.05, 0.1) is 13.0 Å². The number of nitrogens with two attached hydrogens (primary N) is 1. The van der Waals surface area contributed by atoms with Crippen LogP contribution in [0.2, 0.25) is 0 Å². The zero-order valence-corrected chi connectivity index (χ0v) is 13.2. The summed E-state index contributed by atoms with van der Waals surface area (Å²) in [4.78, 5) is 10.8. The smallest absolute Gasteiger partial charge is 0.220 e. The number of benzene rings is 1. The maximum Gasteiger partial charge on any atom is 0.220 e. The number of rotatable bonds is 7. The zero-order valence-electron chi connectivity index (χ0n) is 11.6. The van der Waals surface area contributed by atoms with Gasteiger partial charge < -0.3 is 15.8 Å². The van der Waals surface area contributed by atoms with E-state index >= 15 is 0 Å². The SMILES string of the molecule is Cc1cc(Br)cc(CNC(C)C)c1OCCC(N)=O. The second-order valence-corrected chi connectivity index (χ2v) is 5.73. The molecule has 0 aliphatic heterocycles. The minimum absolute atomic E-state index is 0.229. The van der Waals surface area contributed by atoms with E-state index < -0.39 is 0 Å². The van der Waals surface area contributed by atoms with Gasteiger partial charge in [-0.1, -0.05) is 29.8 Å². The van der Waals surface area contributed by atoms with Gasteiger partial charge in [0.25, 0.3) is 0 Å². The van der Waals surface area contributed by atoms with Gasteiger partial charge in [0.1, 0.15) is 5.75 Å². The maximum atomic E-state index is 10.8. The number of amides is 1. The number of halogens is 1. The van der Waals surface area contributed by atoms with Crippen molar-refractivity contribution in [1.29, 1.82) is 0 Å². The van der Waals surface area contributed by atoms with Crippen LogP contribution in [0.1, 0.15) is 31.4 Å². The Bertz CT molecular complexity index is 447. The number of aryl methyl sites for hydroxylation is 1. The van der Waals surface area contributed by atoms with Gasteiger partial charge in [0.2, 0.25) is 5.91 Å². The van der Waals surface area contributed by atoms with Crippen LogP contribution in [0.3, 0.4) is 0 Å². The summed E-state index contributed by atoms with van der Waals surface area (Å²) in [5.74, 6) is 0.481. The highest BCUT2D eigenvalue weighted by molar-refractivity contribution is 9.10. The molecule has 1 aromatic carbocycles. The lowest BCUT2D eigenvalue weighted by Crippen LogP contribution is -2.22. The molecule has 0 aliphatic rings. The maximum absolute atomic E-state index is 10.8. The first-order valence-corrected chi connectivity index (χ1v) is 7.13. The average molecular weight is 329 g/mol. The van der Waals surface area contributed by atoms with Gasteiger partial charge in [0, 0.05) is 22.6 Å². The van der Waals surface area contributed by atoms with Crippen molar-refractivity contribution in [3.05, 3.63) is 27.7 Å². The molecule has 0 radical (unpaired) electrons. The second-order valence-electron chi connectivity index (χ2n) is 4.81. The monoisotopic (exact) mass is 328 g/mol. The van der Waals surface area contributed by atoms with E-state index in [9.17, 15) is 4.79 Å². The molecule has 5 heteroatoms. The summed E-state index contributed by atoms with van der Waals surface area (Å²) in [5, 5.41) is 3.36. The van der Waals surface area contributed by atoms with Gasteiger partial charge in [0.15, 0.2) is 0 Å². The molecule has 0 bridgehead atoms. The quantitative estimate of drug-likeness (QED) is 0.808. The average Bonchev–Trinajstić information content (AvgIpc) is 2.28. The van der Waals surface area contributed by atoms with Crippen molar-refractivity contribution < 1.29 is 9.53 Å². The molecule has 1 amide bonds. The molecule has 0 heterocycles. The van der Waals surface area contributed by atoms with E-state index in [1.807, 2.05) is 19.1 Å². The van der Waals surface area contributed by atoms with Crippen LogP contribution in [0.15, 0.2) is 16.6 Å². The normalized spacial score (nSPS) is 10.8. The predicted octanol–water partition coefficient (Wildman–Crippen LogP) is 2.51. The largest absolute Gasteiger partial charge is 0.492 e. The number of primary amides is 1. The molecule has 0 aromatic heterocycles. The predicted molar refractivity (Wildman–Crippen MR) is 80.2 cm³/mol. The Morgan fingerprint density at radius 3 is 2.74 bits per heavy atom. The Labute approximate surface area is 122 Å². The van der Waals surface area contributed by atoms with E-state index in [1.54, 1.807) is 0 Å². The fourth-order valence-electron chi connectivity index (χ4n) is 1.70. The molecule has 19 heavy (non-hydrogen) atoms. The summed E-state index contributed by atoms with van der Waals surface area (Å²) < 4.78 is 6.73. The summed E-state index contributed by atoms with van der Waals surface area (Å²) >= 11 is 3.49. The third kappa shape index (κ3) is 5.61. The summed E-state index contributed by atoms with van der Waals surface area (Å²) in [6.45, 7) is 7.22. The van der Waals surface area contributed by atoms with Crippen molar-refractivity contribution in [3.63, 3.8) is 0 Å². The minimum atomic E-state index is -0.350. The molecule has 1 aromatic rings. The molecule has 0 spiro atoms. The van der Waals surface area contributed by atoms with Crippen LogP contribution in [0.25, 0.3) is 0 Å². The van der Waals surface area contributed by atoms with E-state index in [0.29, 0.717) is 12.6 Å². The highest BCUT2D eigenvalue weighted by atomic mass is 79.9. The van der Waals surface area contributed by atoms with Crippen LogP contribution in [-0.2, 0) is 11.3 Å². The van der Waals surface area contributed by atoms with Crippen LogP contribution in [0, 0.1) is 6.92 Å². The Morgan fingerprint density at radius 2 is 2.16 bits per heavy atom. The summed E-state index contributed by atoms with van der Waals surface area (Å²) in [5.41, 5.74) is 7.23. The lowest BCUT2D eigenvalue weighted by molar-refractivity contribution is -0.118. The molecular weight excluding hydrogens is 308 g/mol. The van der Waals surface area contributed by atoms with E-state index in [-0.39, 0.29) is 12.3 Å². The van der Waals surface area contributed by atoms with Crippen LogP contribution in [0.4, 0.5) is 0 Å². The molecule has 0 fully saturated rings. The fourth-order valence-corrected chi connectivity index (χ4v) is 2.32. The number of carbonyl (C=O) groups is 1. The summed E-state index contributed by atoms with van der Waals surface area (Å²) in [7, 11) is 0. The third-order valence-corrected chi connectivity index (χ3v) is 3.07. The van der Waals surface area contributed by atoms with Crippen LogP contribution >= 0.6 is 15.9 Å². The van der Waals surface area contributed by atoms with Crippen molar-refractivity contribution >= 4 is 21.8 Å². The van der Waals surface area contributed by atoms with Crippen molar-refractivity contribution in [2.75, 3.05) is 6.61 Å². The Balaban J connectivity index is 2.83. The van der Waals surface area contributed by atoms with E-state index in [0.717, 1.165) is 27.9 Å². The molecule has 0 aliphatic carbocycles. The van der Waals surface area contributed by atoms with Gasteiger partial charge in [-0.3, -0.25) is 4.79 Å². The Kier molecular flexibility index (Phi) is 6.31. The molecule has 0 saturated heterocycles. The van der Waals surface area contributed by atoms with Gasteiger partial charge in [-0.25, -0.2) is 0 Å². The van der Waals surface area contributed by atoms with Crippen molar-refractivity contribution in [1.82, 2.24) is 5.32 Å². The Hall–Kier alpha value is -1.07. The number of carbonyl (C=O) groups excluding carboxylic acids is 1. The molecule has 3 N–H and O–H groups in total. The van der Waals surface area contributed by atoms with Gasteiger partial charge >= 0.3 is 0 Å². The highest BCUT2D eigenvalue weighted by Gasteiger charge is 2.10. The summed E-state index contributed by atoms with van der Waals surface area (Å²) in [6.07, 6.45) is 0.229. The molecule has 0 saturated carbocycles. The lowest BCUT2D eigenvalue weighted by Gasteiger charge is -2.16. The topological polar surface area (TPSA) is 64.3 Å². The summed E-state index contributed by atoms with van der Waals surface area (Å²) in [6, 6.07) is 4.43. The van der Waals surface area contributed by atoms with Gasteiger partial charge in [-0.15, -0.1) is 0 Å². The van der Waals surface area contributed by atoms with Gasteiger partial charge in [-0.05, 0) is 24.6 Å². The number of ether oxygens (including phenoxy) is 1. The highest BCUT2D eigenvalue weighted by Crippen LogP contribution is 2.28. The number of hydrogen-bond donors (Lipinski definition) is 2. The molecule has 1 rings (SSSR count). The van der Waals surface area contributed by atoms with Crippen molar-refractivity contribution in [2.24, 2.45) is 5.73 Å². The Morgan fingerprint density at radius 1 is 1.47 bits per heavy atom. The number of nitrogens with one attached hydrogen (secondary N) is 1. The third-order valence-electron chi connectivity index (χ3n) is 2.61. The lowest BCUT2D eigenvalue weighted by atomic mass is 10.1. The van der Waals surface area contributed by atoms with Crippen LogP contribution in [0.5, 0.6) is 5.75 Å².